The summed E-state index contributed by atoms with van der Waals surface area (Å²) in [6.45, 7) is 8.93. The number of hydrogen-bond donors (Lipinski definition) is 4. The number of amides is 3. The van der Waals surface area contributed by atoms with E-state index >= 15 is 0 Å². The highest BCUT2D eigenvalue weighted by Crippen LogP contribution is 2.16. The van der Waals surface area contributed by atoms with Crippen LogP contribution in [0.3, 0.4) is 0 Å². The molecule has 0 saturated carbocycles. The lowest BCUT2D eigenvalue weighted by Gasteiger charge is -2.20. The van der Waals surface area contributed by atoms with E-state index in [2.05, 4.69) is 25.4 Å². The predicted molar refractivity (Wildman–Crippen MR) is 123 cm³/mol. The van der Waals surface area contributed by atoms with Crippen LogP contribution in [0.25, 0.3) is 0 Å². The fourth-order valence-electron chi connectivity index (χ4n) is 2.62. The summed E-state index contributed by atoms with van der Waals surface area (Å²) in [7, 11) is -2.70. The number of carbonyl (C=O) groups is 3. The third kappa shape index (κ3) is 11.0. The van der Waals surface area contributed by atoms with Gasteiger partial charge in [0.05, 0.1) is 12.0 Å². The molecule has 186 valence electrons. The molecule has 0 fully saturated rings. The number of methoxy groups -OCH3 is 1. The average molecular weight is 487 g/mol. The Morgan fingerprint density at radius 2 is 1.73 bits per heavy atom. The predicted octanol–water partition coefficient (Wildman–Crippen LogP) is 2.20. The quantitative estimate of drug-likeness (QED) is 0.370. The molecular formula is C21H34N4O7S. The molecule has 1 aromatic rings. The lowest BCUT2D eigenvalue weighted by molar-refractivity contribution is -0.118. The second-order valence-corrected chi connectivity index (χ2v) is 10.4. The number of carbonyl (C=O) groups excluding carboxylic acids is 3. The van der Waals surface area contributed by atoms with E-state index in [1.807, 2.05) is 13.8 Å². The summed E-state index contributed by atoms with van der Waals surface area (Å²) >= 11 is 0. The number of benzene rings is 1. The summed E-state index contributed by atoms with van der Waals surface area (Å²) in [5.41, 5.74) is -0.412. The van der Waals surface area contributed by atoms with Gasteiger partial charge in [-0.2, -0.15) is 0 Å². The van der Waals surface area contributed by atoms with Gasteiger partial charge < -0.3 is 25.4 Å². The van der Waals surface area contributed by atoms with Crippen molar-refractivity contribution in [2.24, 2.45) is 5.92 Å². The zero-order chi connectivity index (χ0) is 25.2. The maximum absolute atomic E-state index is 12.6. The van der Waals surface area contributed by atoms with Crippen LogP contribution >= 0.6 is 0 Å². The van der Waals surface area contributed by atoms with E-state index in [1.165, 1.54) is 31.4 Å². The summed E-state index contributed by atoms with van der Waals surface area (Å²) in [5, 5.41) is 7.55. The van der Waals surface area contributed by atoms with Crippen LogP contribution in [-0.4, -0.2) is 58.4 Å². The standard InChI is InChI=1S/C21H34N4O7S/c1-14(2)12-17(25-20(28)31-6)18(26)24-15-8-7-9-16(13-15)33(29,30)23-11-10-22-19(27)32-21(3,4)5/h7-9,13-14,17,23H,10-12H2,1-6H3,(H,22,27)(H,24,26)(H,25,28). The van der Waals surface area contributed by atoms with Gasteiger partial charge in [0, 0.05) is 18.8 Å². The highest BCUT2D eigenvalue weighted by atomic mass is 32.2. The van der Waals surface area contributed by atoms with Crippen molar-refractivity contribution >= 4 is 33.8 Å². The highest BCUT2D eigenvalue weighted by molar-refractivity contribution is 7.89. The van der Waals surface area contributed by atoms with E-state index in [0.717, 1.165) is 0 Å². The monoisotopic (exact) mass is 486 g/mol. The van der Waals surface area contributed by atoms with E-state index < -0.39 is 39.8 Å². The SMILES string of the molecule is COC(=O)NC(CC(C)C)C(=O)Nc1cccc(S(=O)(=O)NCCNC(=O)OC(C)(C)C)c1. The zero-order valence-corrected chi connectivity index (χ0v) is 20.7. The normalized spacial score (nSPS) is 12.6. The van der Waals surface area contributed by atoms with Gasteiger partial charge in [-0.15, -0.1) is 0 Å². The van der Waals surface area contributed by atoms with Crippen molar-refractivity contribution in [3.63, 3.8) is 0 Å². The molecule has 1 aromatic carbocycles. The van der Waals surface area contributed by atoms with Crippen LogP contribution in [0.4, 0.5) is 15.3 Å². The van der Waals surface area contributed by atoms with Gasteiger partial charge in [0.2, 0.25) is 15.9 Å². The van der Waals surface area contributed by atoms with Gasteiger partial charge in [0.25, 0.3) is 0 Å². The number of alkyl carbamates (subject to hydrolysis) is 2. The van der Waals surface area contributed by atoms with Crippen molar-refractivity contribution in [2.75, 3.05) is 25.5 Å². The molecule has 0 radical (unpaired) electrons. The molecule has 11 nitrogen and oxygen atoms in total. The molecule has 0 saturated heterocycles. The van der Waals surface area contributed by atoms with Gasteiger partial charge in [-0.3, -0.25) is 4.79 Å². The van der Waals surface area contributed by atoms with Crippen molar-refractivity contribution in [3.8, 4) is 0 Å². The third-order valence-corrected chi connectivity index (χ3v) is 5.46. The Kier molecular flexibility index (Phi) is 10.6. The fraction of sp³-hybridized carbons (Fsp3) is 0.571. The van der Waals surface area contributed by atoms with Crippen LogP contribution in [0.2, 0.25) is 0 Å². The molecule has 12 heteroatoms. The topological polar surface area (TPSA) is 152 Å². The second kappa shape index (κ2) is 12.4. The zero-order valence-electron chi connectivity index (χ0n) is 19.9. The average Bonchev–Trinajstić information content (AvgIpc) is 2.69. The van der Waals surface area contributed by atoms with Crippen molar-refractivity contribution in [1.82, 2.24) is 15.4 Å². The second-order valence-electron chi connectivity index (χ2n) is 8.66. The van der Waals surface area contributed by atoms with E-state index in [1.54, 1.807) is 20.8 Å². The molecule has 0 aliphatic heterocycles. The molecule has 0 aliphatic rings. The first-order valence-corrected chi connectivity index (χ1v) is 11.9. The maximum Gasteiger partial charge on any atom is 0.407 e. The Bertz CT molecular complexity index is 927. The van der Waals surface area contributed by atoms with Crippen LogP contribution in [0.1, 0.15) is 41.0 Å². The number of rotatable bonds is 10. The smallest absolute Gasteiger partial charge is 0.407 e. The highest BCUT2D eigenvalue weighted by Gasteiger charge is 2.23. The number of sulfonamides is 1. The molecule has 4 N–H and O–H groups in total. The summed E-state index contributed by atoms with van der Waals surface area (Å²) in [6.07, 6.45) is -1.02. The van der Waals surface area contributed by atoms with Crippen molar-refractivity contribution in [1.29, 1.82) is 0 Å². The number of hydrogen-bond acceptors (Lipinski definition) is 7. The van der Waals surface area contributed by atoms with Crippen LogP contribution in [0.15, 0.2) is 29.2 Å². The largest absolute Gasteiger partial charge is 0.453 e. The Morgan fingerprint density at radius 1 is 1.06 bits per heavy atom. The summed E-state index contributed by atoms with van der Waals surface area (Å²) < 4.78 is 37.1. The minimum atomic E-state index is -3.90. The van der Waals surface area contributed by atoms with E-state index in [0.29, 0.717) is 6.42 Å². The Balaban J connectivity index is 2.76. The van der Waals surface area contributed by atoms with Gasteiger partial charge in [-0.05, 0) is 51.3 Å². The first kappa shape index (κ1) is 28.2. The van der Waals surface area contributed by atoms with Crippen LogP contribution in [-0.2, 0) is 24.3 Å². The fourth-order valence-corrected chi connectivity index (χ4v) is 3.70. The molecule has 3 amide bonds. The molecule has 1 atom stereocenters. The molecular weight excluding hydrogens is 452 g/mol. The van der Waals surface area contributed by atoms with Gasteiger partial charge in [-0.1, -0.05) is 19.9 Å². The molecule has 33 heavy (non-hydrogen) atoms. The third-order valence-electron chi connectivity index (χ3n) is 4.00. The van der Waals surface area contributed by atoms with Crippen molar-refractivity contribution < 1.29 is 32.3 Å². The van der Waals surface area contributed by atoms with E-state index in [-0.39, 0.29) is 29.6 Å². The van der Waals surface area contributed by atoms with Crippen LogP contribution < -0.4 is 20.7 Å². The lowest BCUT2D eigenvalue weighted by Crippen LogP contribution is -2.44. The Morgan fingerprint density at radius 3 is 2.30 bits per heavy atom. The summed E-state index contributed by atoms with van der Waals surface area (Å²) in [5.74, 6) is -0.388. The van der Waals surface area contributed by atoms with Crippen LogP contribution in [0, 0.1) is 5.92 Å². The first-order valence-electron chi connectivity index (χ1n) is 10.5. The van der Waals surface area contributed by atoms with E-state index in [9.17, 15) is 22.8 Å². The van der Waals surface area contributed by atoms with Crippen molar-refractivity contribution in [2.45, 2.75) is 57.6 Å². The first-order chi connectivity index (χ1) is 15.2. The summed E-state index contributed by atoms with van der Waals surface area (Å²) in [4.78, 5) is 35.7. The molecule has 0 aliphatic carbocycles. The molecule has 0 spiro atoms. The summed E-state index contributed by atoms with van der Waals surface area (Å²) in [6, 6.07) is 4.83. The van der Waals surface area contributed by atoms with Crippen LogP contribution in [0.5, 0.6) is 0 Å². The molecule has 1 unspecified atom stereocenters. The molecule has 0 bridgehead atoms. The Labute approximate surface area is 195 Å². The molecule has 0 aromatic heterocycles. The minimum absolute atomic E-state index is 0.0284. The Hall–Kier alpha value is -2.86. The van der Waals surface area contributed by atoms with Gasteiger partial charge in [0.1, 0.15) is 11.6 Å². The number of ether oxygens (including phenoxy) is 2. The lowest BCUT2D eigenvalue weighted by atomic mass is 10.0. The molecule has 1 rings (SSSR count). The minimum Gasteiger partial charge on any atom is -0.453 e. The van der Waals surface area contributed by atoms with Gasteiger partial charge in [-0.25, -0.2) is 22.7 Å². The number of nitrogens with one attached hydrogen (secondary N) is 4. The maximum atomic E-state index is 12.6. The molecule has 0 heterocycles. The number of anilines is 1. The van der Waals surface area contributed by atoms with Gasteiger partial charge in [0.15, 0.2) is 0 Å². The van der Waals surface area contributed by atoms with Crippen molar-refractivity contribution in [3.05, 3.63) is 24.3 Å². The van der Waals surface area contributed by atoms with Gasteiger partial charge >= 0.3 is 12.2 Å². The van der Waals surface area contributed by atoms with E-state index in [4.69, 9.17) is 4.74 Å².